The van der Waals surface area contributed by atoms with Crippen LogP contribution in [0.15, 0.2) is 0 Å². The van der Waals surface area contributed by atoms with Gasteiger partial charge in [0.15, 0.2) is 0 Å². The Morgan fingerprint density at radius 2 is 1.46 bits per heavy atom. The third-order valence-corrected chi connectivity index (χ3v) is 1.80. The van der Waals surface area contributed by atoms with Crippen LogP contribution in [0.4, 0.5) is 0 Å². The number of carbonyl (C=O) groups is 2. The third-order valence-electron chi connectivity index (χ3n) is 1.80. The number of rotatable bonds is 4. The van der Waals surface area contributed by atoms with Crippen LogP contribution in [0.5, 0.6) is 0 Å². The van der Waals surface area contributed by atoms with E-state index in [0.717, 1.165) is 0 Å². The Kier molecular flexibility index (Phi) is 4.67. The topological polar surface area (TPSA) is 37.4 Å². The third kappa shape index (κ3) is 4.06. The highest BCUT2D eigenvalue weighted by molar-refractivity contribution is 5.96. The lowest BCUT2D eigenvalue weighted by Gasteiger charge is -2.30. The number of hydrogen-bond acceptors (Lipinski definition) is 2. The van der Waals surface area contributed by atoms with E-state index < -0.39 is 0 Å². The minimum atomic E-state index is -0.0729. The molecule has 0 fully saturated rings. The Balaban J connectivity index is 4.38. The largest absolute Gasteiger partial charge is 0.337 e. The highest BCUT2D eigenvalue weighted by Gasteiger charge is 2.20. The SMILES string of the molecule is CC(=O)CC(=O)N(C(C)C)C(C)C. The lowest BCUT2D eigenvalue weighted by atomic mass is 10.2. The van der Waals surface area contributed by atoms with E-state index in [1.54, 1.807) is 4.90 Å². The molecule has 0 atom stereocenters. The van der Waals surface area contributed by atoms with Crippen molar-refractivity contribution in [1.82, 2.24) is 4.90 Å². The number of Topliss-reactive ketones (excluding diaryl/α,β-unsaturated/α-hetero) is 1. The Hall–Kier alpha value is -0.860. The molecule has 0 bridgehead atoms. The van der Waals surface area contributed by atoms with Crippen molar-refractivity contribution in [2.24, 2.45) is 0 Å². The molecule has 13 heavy (non-hydrogen) atoms. The van der Waals surface area contributed by atoms with Crippen molar-refractivity contribution in [1.29, 1.82) is 0 Å². The normalized spacial score (nSPS) is 10.7. The molecule has 0 aliphatic carbocycles. The molecule has 0 aliphatic heterocycles. The van der Waals surface area contributed by atoms with Gasteiger partial charge >= 0.3 is 0 Å². The first-order valence-corrected chi connectivity index (χ1v) is 4.66. The number of nitrogens with zero attached hydrogens (tertiary/aromatic N) is 1. The van der Waals surface area contributed by atoms with Crippen molar-refractivity contribution >= 4 is 11.7 Å². The summed E-state index contributed by atoms with van der Waals surface area (Å²) >= 11 is 0. The minimum Gasteiger partial charge on any atom is -0.337 e. The summed E-state index contributed by atoms with van der Waals surface area (Å²) in [5, 5.41) is 0. The average Bonchev–Trinajstić information content (AvgIpc) is 1.81. The molecule has 76 valence electrons. The molecule has 3 heteroatoms. The maximum Gasteiger partial charge on any atom is 0.230 e. The molecule has 0 aromatic rings. The van der Waals surface area contributed by atoms with E-state index >= 15 is 0 Å². The van der Waals surface area contributed by atoms with E-state index in [-0.39, 0.29) is 30.2 Å². The van der Waals surface area contributed by atoms with Crippen LogP contribution in [0, 0.1) is 0 Å². The van der Waals surface area contributed by atoms with Crippen molar-refractivity contribution < 1.29 is 9.59 Å². The molecule has 0 rings (SSSR count). The van der Waals surface area contributed by atoms with Gasteiger partial charge in [0, 0.05) is 12.1 Å². The molecule has 0 spiro atoms. The molecule has 0 heterocycles. The van der Waals surface area contributed by atoms with Gasteiger partial charge in [-0.3, -0.25) is 9.59 Å². The van der Waals surface area contributed by atoms with E-state index in [0.29, 0.717) is 0 Å². The van der Waals surface area contributed by atoms with Crippen LogP contribution in [0.3, 0.4) is 0 Å². The van der Waals surface area contributed by atoms with Crippen molar-refractivity contribution in [2.75, 3.05) is 0 Å². The summed E-state index contributed by atoms with van der Waals surface area (Å²) in [6.07, 6.45) is 0.0242. The molecule has 0 aliphatic rings. The summed E-state index contributed by atoms with van der Waals surface area (Å²) in [5.74, 6) is -0.145. The van der Waals surface area contributed by atoms with Gasteiger partial charge in [0.2, 0.25) is 5.91 Å². The second-order valence-electron chi connectivity index (χ2n) is 3.87. The van der Waals surface area contributed by atoms with Crippen LogP contribution >= 0.6 is 0 Å². The predicted octanol–water partition coefficient (Wildman–Crippen LogP) is 1.61. The fraction of sp³-hybridized carbons (Fsp3) is 0.800. The summed E-state index contributed by atoms with van der Waals surface area (Å²) in [6.45, 7) is 9.27. The summed E-state index contributed by atoms with van der Waals surface area (Å²) < 4.78 is 0. The summed E-state index contributed by atoms with van der Waals surface area (Å²) in [4.78, 5) is 24.0. The second-order valence-corrected chi connectivity index (χ2v) is 3.87. The van der Waals surface area contributed by atoms with Crippen molar-refractivity contribution in [3.8, 4) is 0 Å². The van der Waals surface area contributed by atoms with Gasteiger partial charge in [0.25, 0.3) is 0 Å². The molecule has 0 unspecified atom stereocenters. The van der Waals surface area contributed by atoms with Crippen molar-refractivity contribution in [3.05, 3.63) is 0 Å². The smallest absolute Gasteiger partial charge is 0.230 e. The van der Waals surface area contributed by atoms with E-state index in [1.165, 1.54) is 6.92 Å². The zero-order chi connectivity index (χ0) is 10.6. The minimum absolute atomic E-state index is 0.0242. The number of hydrogen-bond donors (Lipinski definition) is 0. The van der Waals surface area contributed by atoms with Gasteiger partial charge in [0.1, 0.15) is 5.78 Å². The first kappa shape index (κ1) is 12.1. The standard InChI is InChI=1S/C10H19NO2/c1-7(2)11(8(3)4)10(13)6-9(5)12/h7-8H,6H2,1-5H3. The van der Waals surface area contributed by atoms with Gasteiger partial charge in [-0.1, -0.05) is 0 Å². The van der Waals surface area contributed by atoms with Crippen LogP contribution in [0.25, 0.3) is 0 Å². The first-order valence-electron chi connectivity index (χ1n) is 4.66. The van der Waals surface area contributed by atoms with E-state index in [2.05, 4.69) is 0 Å². The number of amides is 1. The van der Waals surface area contributed by atoms with Gasteiger partial charge in [-0.15, -0.1) is 0 Å². The van der Waals surface area contributed by atoms with Crippen LogP contribution < -0.4 is 0 Å². The Morgan fingerprint density at radius 3 is 1.69 bits per heavy atom. The Morgan fingerprint density at radius 1 is 1.08 bits per heavy atom. The molecule has 0 saturated heterocycles. The fourth-order valence-electron chi connectivity index (χ4n) is 1.48. The van der Waals surface area contributed by atoms with Crippen molar-refractivity contribution in [2.45, 2.75) is 53.1 Å². The molecule has 0 radical (unpaired) electrons. The van der Waals surface area contributed by atoms with Gasteiger partial charge in [-0.25, -0.2) is 0 Å². The maximum absolute atomic E-state index is 11.5. The number of ketones is 1. The number of carbonyl (C=O) groups excluding carboxylic acids is 2. The molecule has 0 aromatic carbocycles. The monoisotopic (exact) mass is 185 g/mol. The zero-order valence-corrected chi connectivity index (χ0v) is 9.13. The molecule has 0 saturated carbocycles. The second kappa shape index (κ2) is 5.00. The first-order chi connectivity index (χ1) is 5.86. The average molecular weight is 185 g/mol. The maximum atomic E-state index is 11.5. The van der Waals surface area contributed by atoms with E-state index in [4.69, 9.17) is 0 Å². The fourth-order valence-corrected chi connectivity index (χ4v) is 1.48. The van der Waals surface area contributed by atoms with Crippen LogP contribution in [0.1, 0.15) is 41.0 Å². The highest BCUT2D eigenvalue weighted by atomic mass is 16.2. The molecular formula is C10H19NO2. The van der Waals surface area contributed by atoms with Gasteiger partial charge < -0.3 is 4.90 Å². The molecule has 0 aromatic heterocycles. The Labute approximate surface area is 80.1 Å². The van der Waals surface area contributed by atoms with Gasteiger partial charge in [-0.2, -0.15) is 0 Å². The summed E-state index contributed by atoms with van der Waals surface area (Å²) in [7, 11) is 0. The van der Waals surface area contributed by atoms with E-state index in [1.807, 2.05) is 27.7 Å². The predicted molar refractivity (Wildman–Crippen MR) is 52.4 cm³/mol. The summed E-state index contributed by atoms with van der Waals surface area (Å²) in [6, 6.07) is 0.318. The van der Waals surface area contributed by atoms with E-state index in [9.17, 15) is 9.59 Å². The lowest BCUT2D eigenvalue weighted by Crippen LogP contribution is -2.42. The van der Waals surface area contributed by atoms with Gasteiger partial charge in [0.05, 0.1) is 6.42 Å². The van der Waals surface area contributed by atoms with Gasteiger partial charge in [-0.05, 0) is 34.6 Å². The molecule has 3 nitrogen and oxygen atoms in total. The van der Waals surface area contributed by atoms with Crippen molar-refractivity contribution in [3.63, 3.8) is 0 Å². The quantitative estimate of drug-likeness (QED) is 0.624. The van der Waals surface area contributed by atoms with Crippen LogP contribution in [-0.2, 0) is 9.59 Å². The van der Waals surface area contributed by atoms with Crippen LogP contribution in [-0.4, -0.2) is 28.7 Å². The zero-order valence-electron chi connectivity index (χ0n) is 9.13. The Bertz CT molecular complexity index is 189. The van der Waals surface area contributed by atoms with Crippen LogP contribution in [0.2, 0.25) is 0 Å². The summed E-state index contributed by atoms with van der Waals surface area (Å²) in [5.41, 5.74) is 0. The molecule has 0 N–H and O–H groups in total. The molecule has 1 amide bonds. The molecular weight excluding hydrogens is 166 g/mol. The lowest BCUT2D eigenvalue weighted by molar-refractivity contribution is -0.137. The highest BCUT2D eigenvalue weighted by Crippen LogP contribution is 2.07.